The van der Waals surface area contributed by atoms with Gasteiger partial charge in [-0.2, -0.15) is 0 Å². The number of rotatable bonds is 5. The third kappa shape index (κ3) is 4.45. The van der Waals surface area contributed by atoms with Crippen LogP contribution in [0.4, 0.5) is 10.1 Å². The summed E-state index contributed by atoms with van der Waals surface area (Å²) in [6.07, 6.45) is 2.71. The molecule has 9 heteroatoms. The van der Waals surface area contributed by atoms with E-state index in [0.717, 1.165) is 14.7 Å². The van der Waals surface area contributed by atoms with Gasteiger partial charge in [-0.3, -0.25) is 23.5 Å². The Morgan fingerprint density at radius 2 is 1.90 bits per heavy atom. The van der Waals surface area contributed by atoms with Crippen LogP contribution < -0.4 is 21.2 Å². The van der Waals surface area contributed by atoms with Crippen LogP contribution in [-0.4, -0.2) is 22.2 Å². The molecule has 0 unspecified atom stereocenters. The summed E-state index contributed by atoms with van der Waals surface area (Å²) in [5.74, 6) is -0.834. The zero-order valence-corrected chi connectivity index (χ0v) is 17.2. The molecule has 1 amide bonds. The topological polar surface area (TPSA) is 82.3 Å². The fourth-order valence-corrected chi connectivity index (χ4v) is 3.08. The normalized spacial score (nSPS) is 10.6. The van der Waals surface area contributed by atoms with Crippen molar-refractivity contribution in [3.63, 3.8) is 0 Å². The Morgan fingerprint density at radius 1 is 1.14 bits per heavy atom. The Balaban J connectivity index is 1.88. The lowest BCUT2D eigenvalue weighted by Crippen LogP contribution is -2.41. The number of hydrogen-bond donors (Lipinski definition) is 1. The number of nitrogens with zero attached hydrogens (tertiary/aromatic N) is 2. The van der Waals surface area contributed by atoms with Crippen molar-refractivity contribution in [3.05, 3.63) is 85.4 Å². The molecule has 1 aromatic heterocycles. The van der Waals surface area contributed by atoms with E-state index in [0.29, 0.717) is 15.9 Å². The van der Waals surface area contributed by atoms with E-state index in [1.54, 1.807) is 18.2 Å². The molecule has 0 spiro atoms. The van der Waals surface area contributed by atoms with E-state index >= 15 is 0 Å². The van der Waals surface area contributed by atoms with Crippen LogP contribution in [0.3, 0.4) is 0 Å². The maximum Gasteiger partial charge on any atom is 0.321 e. The summed E-state index contributed by atoms with van der Waals surface area (Å²) in [4.78, 5) is 37.3. The maximum atomic E-state index is 13.9. The Bertz CT molecular complexity index is 1200. The van der Waals surface area contributed by atoms with Gasteiger partial charge in [0.05, 0.1) is 18.5 Å². The lowest BCUT2D eigenvalue weighted by molar-refractivity contribution is -0.116. The smallest absolute Gasteiger partial charge is 0.321 e. The molecular formula is C20H17BrFN3O4. The number of aromatic nitrogens is 2. The van der Waals surface area contributed by atoms with Gasteiger partial charge in [0.25, 0.3) is 0 Å². The highest BCUT2D eigenvalue weighted by Crippen LogP contribution is 2.22. The molecule has 150 valence electrons. The molecule has 0 aliphatic carbocycles. The van der Waals surface area contributed by atoms with Crippen LogP contribution in [0.15, 0.2) is 62.9 Å². The van der Waals surface area contributed by atoms with E-state index in [1.165, 1.54) is 31.6 Å². The number of benzene rings is 2. The van der Waals surface area contributed by atoms with E-state index in [1.807, 2.05) is 13.0 Å². The Morgan fingerprint density at radius 3 is 2.59 bits per heavy atom. The average molecular weight is 462 g/mol. The fraction of sp³-hybridized carbons (Fsp3) is 0.150. The summed E-state index contributed by atoms with van der Waals surface area (Å²) >= 11 is 3.13. The van der Waals surface area contributed by atoms with Gasteiger partial charge in [0.2, 0.25) is 5.91 Å². The number of halogens is 2. The van der Waals surface area contributed by atoms with Gasteiger partial charge in [0.15, 0.2) is 0 Å². The zero-order valence-electron chi connectivity index (χ0n) is 15.6. The lowest BCUT2D eigenvalue weighted by atomic mass is 10.2. The fourth-order valence-electron chi connectivity index (χ4n) is 2.75. The van der Waals surface area contributed by atoms with Crippen molar-refractivity contribution < 1.29 is 13.9 Å². The van der Waals surface area contributed by atoms with Gasteiger partial charge in [-0.15, -0.1) is 0 Å². The van der Waals surface area contributed by atoms with Gasteiger partial charge in [-0.1, -0.05) is 22.0 Å². The Hall–Kier alpha value is -3.20. The first-order chi connectivity index (χ1) is 13.8. The summed E-state index contributed by atoms with van der Waals surface area (Å²) in [6, 6.07) is 9.40. The molecule has 3 rings (SSSR count). The quantitative estimate of drug-likeness (QED) is 0.592. The largest absolute Gasteiger partial charge is 0.495 e. The second kappa shape index (κ2) is 8.44. The summed E-state index contributed by atoms with van der Waals surface area (Å²) in [6.45, 7) is 1.41. The van der Waals surface area contributed by atoms with E-state index in [4.69, 9.17) is 4.74 Å². The molecule has 0 bridgehead atoms. The number of anilines is 1. The molecule has 7 nitrogen and oxygen atoms in total. The molecule has 0 aliphatic heterocycles. The molecule has 2 aromatic carbocycles. The highest BCUT2D eigenvalue weighted by atomic mass is 79.9. The molecule has 0 saturated heterocycles. The van der Waals surface area contributed by atoms with Gasteiger partial charge in [-0.25, -0.2) is 4.39 Å². The Labute approximate surface area is 173 Å². The molecular weight excluding hydrogens is 445 g/mol. The summed E-state index contributed by atoms with van der Waals surface area (Å²) in [5.41, 5.74) is -0.443. The second-order valence-corrected chi connectivity index (χ2v) is 7.17. The summed E-state index contributed by atoms with van der Waals surface area (Å²) in [7, 11) is 1.46. The van der Waals surface area contributed by atoms with Crippen molar-refractivity contribution in [2.24, 2.45) is 0 Å². The summed E-state index contributed by atoms with van der Waals surface area (Å²) in [5, 5.41) is 2.38. The van der Waals surface area contributed by atoms with Crippen LogP contribution in [0.1, 0.15) is 5.56 Å². The van der Waals surface area contributed by atoms with E-state index in [9.17, 15) is 18.8 Å². The van der Waals surface area contributed by atoms with Gasteiger partial charge in [0.1, 0.15) is 18.1 Å². The highest BCUT2D eigenvalue weighted by molar-refractivity contribution is 9.10. The minimum Gasteiger partial charge on any atom is -0.495 e. The van der Waals surface area contributed by atoms with Crippen LogP contribution in [0.25, 0.3) is 5.69 Å². The van der Waals surface area contributed by atoms with Crippen LogP contribution >= 0.6 is 15.9 Å². The number of hydrogen-bond acceptors (Lipinski definition) is 4. The number of amides is 1. The van der Waals surface area contributed by atoms with Crippen molar-refractivity contribution >= 4 is 27.5 Å². The van der Waals surface area contributed by atoms with Crippen molar-refractivity contribution in [1.82, 2.24) is 9.13 Å². The first-order valence-electron chi connectivity index (χ1n) is 8.52. The van der Waals surface area contributed by atoms with Gasteiger partial charge < -0.3 is 10.1 Å². The van der Waals surface area contributed by atoms with Crippen molar-refractivity contribution in [2.75, 3.05) is 12.4 Å². The predicted molar refractivity (Wildman–Crippen MR) is 110 cm³/mol. The van der Waals surface area contributed by atoms with Gasteiger partial charge in [0, 0.05) is 16.9 Å². The van der Waals surface area contributed by atoms with Crippen molar-refractivity contribution in [3.8, 4) is 11.4 Å². The standard InChI is InChI=1S/C20H17BrFN3O4/c1-12-3-6-17(29-2)16(9-12)25-8-7-24(19(27)20(25)28)11-18(26)23-15-5-4-13(21)10-14(15)22/h3-10H,11H2,1-2H3,(H,23,26). The third-order valence-corrected chi connectivity index (χ3v) is 4.66. The molecule has 29 heavy (non-hydrogen) atoms. The molecule has 0 radical (unpaired) electrons. The minimum atomic E-state index is -0.887. The molecule has 0 atom stereocenters. The molecule has 0 fully saturated rings. The van der Waals surface area contributed by atoms with Gasteiger partial charge in [-0.05, 0) is 42.8 Å². The van der Waals surface area contributed by atoms with E-state index < -0.39 is 29.4 Å². The third-order valence-electron chi connectivity index (χ3n) is 4.17. The molecule has 1 N–H and O–H groups in total. The average Bonchev–Trinajstić information content (AvgIpc) is 2.68. The van der Waals surface area contributed by atoms with Crippen LogP contribution in [0.2, 0.25) is 0 Å². The maximum absolute atomic E-state index is 13.9. The molecule has 0 saturated carbocycles. The van der Waals surface area contributed by atoms with Crippen molar-refractivity contribution in [2.45, 2.75) is 13.5 Å². The van der Waals surface area contributed by atoms with Crippen LogP contribution in [0, 0.1) is 12.7 Å². The van der Waals surface area contributed by atoms with Gasteiger partial charge >= 0.3 is 11.1 Å². The Kier molecular flexibility index (Phi) is 5.97. The predicted octanol–water partition coefficient (Wildman–Crippen LogP) is 2.86. The van der Waals surface area contributed by atoms with Crippen LogP contribution in [-0.2, 0) is 11.3 Å². The second-order valence-electron chi connectivity index (χ2n) is 6.25. The number of nitrogens with one attached hydrogen (secondary N) is 1. The lowest BCUT2D eigenvalue weighted by Gasteiger charge is -2.13. The number of aryl methyl sites for hydroxylation is 1. The minimum absolute atomic E-state index is 0.0240. The molecule has 3 aromatic rings. The number of carbonyl (C=O) groups excluding carboxylic acids is 1. The van der Waals surface area contributed by atoms with Crippen LogP contribution in [0.5, 0.6) is 5.75 Å². The van der Waals surface area contributed by atoms with E-state index in [2.05, 4.69) is 21.2 Å². The molecule has 0 aliphatic rings. The number of methoxy groups -OCH3 is 1. The number of ether oxygens (including phenoxy) is 1. The summed E-state index contributed by atoms with van der Waals surface area (Å²) < 4.78 is 21.8. The monoisotopic (exact) mass is 461 g/mol. The van der Waals surface area contributed by atoms with Crippen molar-refractivity contribution in [1.29, 1.82) is 0 Å². The SMILES string of the molecule is COc1ccc(C)cc1-n1ccn(CC(=O)Nc2ccc(Br)cc2F)c(=O)c1=O. The van der Waals surface area contributed by atoms with E-state index in [-0.39, 0.29) is 5.69 Å². The number of carbonyl (C=O) groups is 1. The first kappa shape index (κ1) is 20.5. The first-order valence-corrected chi connectivity index (χ1v) is 9.31. The molecule has 1 heterocycles. The zero-order chi connectivity index (χ0) is 21.1. The highest BCUT2D eigenvalue weighted by Gasteiger charge is 2.14.